The summed E-state index contributed by atoms with van der Waals surface area (Å²) < 4.78 is 0. The van der Waals surface area contributed by atoms with Crippen LogP contribution in [-0.2, 0) is 13.0 Å². The van der Waals surface area contributed by atoms with Crippen molar-refractivity contribution in [2.45, 2.75) is 26.8 Å². The third kappa shape index (κ3) is 3.71. The van der Waals surface area contributed by atoms with E-state index in [4.69, 9.17) is 0 Å². The highest BCUT2D eigenvalue weighted by Crippen LogP contribution is 2.04. The Bertz CT molecular complexity index is 474. The number of nitrogens with one attached hydrogen (secondary N) is 2. The van der Waals surface area contributed by atoms with Crippen LogP contribution < -0.4 is 5.32 Å². The standard InChI is InChI=1S/C14H19N3/c1-11-4-3-5-13(8-11)6-7-15-9-14-10-16-12(2)17-14/h3-5,8,10,15H,6-7,9H2,1-2H3,(H,16,17). The number of nitrogens with zero attached hydrogens (tertiary/aromatic N) is 1. The molecular weight excluding hydrogens is 210 g/mol. The van der Waals surface area contributed by atoms with Gasteiger partial charge in [0.1, 0.15) is 5.82 Å². The normalized spacial score (nSPS) is 10.7. The van der Waals surface area contributed by atoms with Crippen LogP contribution in [0.2, 0.25) is 0 Å². The molecule has 1 heterocycles. The largest absolute Gasteiger partial charge is 0.345 e. The van der Waals surface area contributed by atoms with Crippen molar-refractivity contribution in [3.8, 4) is 0 Å². The Labute approximate surface area is 102 Å². The number of hydrogen-bond acceptors (Lipinski definition) is 2. The summed E-state index contributed by atoms with van der Waals surface area (Å²) >= 11 is 0. The Morgan fingerprint density at radius 3 is 2.88 bits per heavy atom. The molecule has 0 saturated carbocycles. The fourth-order valence-corrected chi connectivity index (χ4v) is 1.88. The van der Waals surface area contributed by atoms with E-state index in [1.165, 1.54) is 11.1 Å². The van der Waals surface area contributed by atoms with Gasteiger partial charge in [-0.25, -0.2) is 4.98 Å². The van der Waals surface area contributed by atoms with E-state index in [1.807, 2.05) is 13.1 Å². The second-order valence-corrected chi connectivity index (χ2v) is 4.41. The topological polar surface area (TPSA) is 40.7 Å². The van der Waals surface area contributed by atoms with Crippen molar-refractivity contribution in [3.05, 3.63) is 53.1 Å². The molecule has 2 N–H and O–H groups in total. The first-order valence-electron chi connectivity index (χ1n) is 6.01. The molecule has 0 atom stereocenters. The lowest BCUT2D eigenvalue weighted by Gasteiger charge is -2.04. The molecule has 2 rings (SSSR count). The van der Waals surface area contributed by atoms with E-state index in [0.29, 0.717) is 0 Å². The van der Waals surface area contributed by atoms with Crippen LogP contribution in [0.1, 0.15) is 22.6 Å². The first-order chi connectivity index (χ1) is 8.24. The van der Waals surface area contributed by atoms with Gasteiger partial charge in [0.25, 0.3) is 0 Å². The minimum Gasteiger partial charge on any atom is -0.345 e. The van der Waals surface area contributed by atoms with Crippen LogP contribution in [0.15, 0.2) is 30.5 Å². The zero-order chi connectivity index (χ0) is 12.1. The van der Waals surface area contributed by atoms with Gasteiger partial charge >= 0.3 is 0 Å². The lowest BCUT2D eigenvalue weighted by atomic mass is 10.1. The van der Waals surface area contributed by atoms with Crippen LogP contribution in [0, 0.1) is 13.8 Å². The van der Waals surface area contributed by atoms with E-state index in [9.17, 15) is 0 Å². The fraction of sp³-hybridized carbons (Fsp3) is 0.357. The third-order valence-corrected chi connectivity index (χ3v) is 2.74. The number of benzene rings is 1. The highest BCUT2D eigenvalue weighted by Gasteiger charge is 1.97. The average Bonchev–Trinajstić information content (AvgIpc) is 2.71. The molecule has 1 aromatic heterocycles. The Morgan fingerprint density at radius 1 is 1.29 bits per heavy atom. The van der Waals surface area contributed by atoms with E-state index < -0.39 is 0 Å². The van der Waals surface area contributed by atoms with E-state index in [-0.39, 0.29) is 0 Å². The van der Waals surface area contributed by atoms with E-state index in [0.717, 1.165) is 31.0 Å². The predicted molar refractivity (Wildman–Crippen MR) is 69.9 cm³/mol. The number of aromatic amines is 1. The van der Waals surface area contributed by atoms with Crippen molar-refractivity contribution in [3.63, 3.8) is 0 Å². The summed E-state index contributed by atoms with van der Waals surface area (Å²) in [6.07, 6.45) is 2.95. The van der Waals surface area contributed by atoms with Gasteiger partial charge in [-0.3, -0.25) is 0 Å². The van der Waals surface area contributed by atoms with Gasteiger partial charge < -0.3 is 10.3 Å². The third-order valence-electron chi connectivity index (χ3n) is 2.74. The van der Waals surface area contributed by atoms with Gasteiger partial charge in [0.05, 0.1) is 0 Å². The number of H-pyrrole nitrogens is 1. The van der Waals surface area contributed by atoms with Crippen LogP contribution in [0.4, 0.5) is 0 Å². The Morgan fingerprint density at radius 2 is 2.18 bits per heavy atom. The molecule has 90 valence electrons. The highest BCUT2D eigenvalue weighted by molar-refractivity contribution is 5.22. The predicted octanol–water partition coefficient (Wildman–Crippen LogP) is 2.36. The summed E-state index contributed by atoms with van der Waals surface area (Å²) in [6.45, 7) is 5.94. The number of aromatic nitrogens is 2. The number of rotatable bonds is 5. The SMILES string of the molecule is Cc1cccc(CCNCc2cnc(C)[nH]2)c1. The zero-order valence-corrected chi connectivity index (χ0v) is 10.5. The summed E-state index contributed by atoms with van der Waals surface area (Å²) in [5.74, 6) is 0.973. The quantitative estimate of drug-likeness (QED) is 0.773. The van der Waals surface area contributed by atoms with Crippen LogP contribution in [0.3, 0.4) is 0 Å². The van der Waals surface area contributed by atoms with Gasteiger partial charge in [-0.05, 0) is 32.4 Å². The molecule has 0 aliphatic carbocycles. The maximum atomic E-state index is 4.17. The van der Waals surface area contributed by atoms with Gasteiger partial charge in [-0.15, -0.1) is 0 Å². The molecule has 0 radical (unpaired) electrons. The lowest BCUT2D eigenvalue weighted by molar-refractivity contribution is 0.676. The average molecular weight is 229 g/mol. The molecule has 0 aliphatic heterocycles. The summed E-state index contributed by atoms with van der Waals surface area (Å²) in [5.41, 5.74) is 3.86. The van der Waals surface area contributed by atoms with Crippen molar-refractivity contribution in [2.24, 2.45) is 0 Å². The summed E-state index contributed by atoms with van der Waals surface area (Å²) in [6, 6.07) is 8.66. The molecule has 1 aromatic carbocycles. The molecule has 3 heteroatoms. The molecule has 0 bridgehead atoms. The summed E-state index contributed by atoms with van der Waals surface area (Å²) in [4.78, 5) is 7.38. The van der Waals surface area contributed by atoms with Crippen molar-refractivity contribution in [2.75, 3.05) is 6.54 Å². The molecule has 0 saturated heterocycles. The molecule has 2 aromatic rings. The van der Waals surface area contributed by atoms with Crippen LogP contribution in [-0.4, -0.2) is 16.5 Å². The molecular formula is C14H19N3. The molecule has 3 nitrogen and oxygen atoms in total. The Kier molecular flexibility index (Phi) is 3.94. The highest BCUT2D eigenvalue weighted by atomic mass is 14.9. The second kappa shape index (κ2) is 5.64. The van der Waals surface area contributed by atoms with Crippen LogP contribution in [0.5, 0.6) is 0 Å². The van der Waals surface area contributed by atoms with E-state index in [1.54, 1.807) is 0 Å². The number of imidazole rings is 1. The maximum absolute atomic E-state index is 4.17. The first-order valence-corrected chi connectivity index (χ1v) is 6.01. The number of hydrogen-bond donors (Lipinski definition) is 2. The molecule has 17 heavy (non-hydrogen) atoms. The van der Waals surface area contributed by atoms with Gasteiger partial charge in [-0.2, -0.15) is 0 Å². The van der Waals surface area contributed by atoms with Crippen molar-refractivity contribution >= 4 is 0 Å². The lowest BCUT2D eigenvalue weighted by Crippen LogP contribution is -2.16. The monoisotopic (exact) mass is 229 g/mol. The molecule has 0 fully saturated rings. The zero-order valence-electron chi connectivity index (χ0n) is 10.5. The Hall–Kier alpha value is -1.61. The second-order valence-electron chi connectivity index (χ2n) is 4.41. The first kappa shape index (κ1) is 11.9. The molecule has 0 aliphatic rings. The van der Waals surface area contributed by atoms with Crippen LogP contribution in [0.25, 0.3) is 0 Å². The maximum Gasteiger partial charge on any atom is 0.103 e. The minimum absolute atomic E-state index is 0.854. The van der Waals surface area contributed by atoms with Gasteiger partial charge in [-0.1, -0.05) is 29.8 Å². The fourth-order valence-electron chi connectivity index (χ4n) is 1.88. The van der Waals surface area contributed by atoms with Crippen molar-refractivity contribution in [1.82, 2.24) is 15.3 Å². The molecule has 0 unspecified atom stereocenters. The van der Waals surface area contributed by atoms with Crippen LogP contribution >= 0.6 is 0 Å². The minimum atomic E-state index is 0.854. The molecule has 0 amide bonds. The molecule has 0 spiro atoms. The summed E-state index contributed by atoms with van der Waals surface area (Å²) in [5, 5.41) is 3.41. The van der Waals surface area contributed by atoms with Crippen molar-refractivity contribution in [1.29, 1.82) is 0 Å². The van der Waals surface area contributed by atoms with E-state index >= 15 is 0 Å². The van der Waals surface area contributed by atoms with E-state index in [2.05, 4.69) is 46.5 Å². The van der Waals surface area contributed by atoms with Crippen molar-refractivity contribution < 1.29 is 0 Å². The van der Waals surface area contributed by atoms with Gasteiger partial charge in [0.15, 0.2) is 0 Å². The van der Waals surface area contributed by atoms with Gasteiger partial charge in [0, 0.05) is 18.4 Å². The van der Waals surface area contributed by atoms with Gasteiger partial charge in [0.2, 0.25) is 0 Å². The smallest absolute Gasteiger partial charge is 0.103 e. The number of aryl methyl sites for hydroxylation is 2. The Balaban J connectivity index is 1.73. The summed E-state index contributed by atoms with van der Waals surface area (Å²) in [7, 11) is 0.